The van der Waals surface area contributed by atoms with E-state index in [0.29, 0.717) is 18.8 Å². The van der Waals surface area contributed by atoms with Gasteiger partial charge in [-0.1, -0.05) is 19.4 Å². The van der Waals surface area contributed by atoms with Gasteiger partial charge in [-0.3, -0.25) is 4.79 Å². The van der Waals surface area contributed by atoms with Crippen LogP contribution < -0.4 is 9.47 Å². The van der Waals surface area contributed by atoms with Crippen molar-refractivity contribution in [2.75, 3.05) is 19.9 Å². The number of hydrogen-bond acceptors (Lipinski definition) is 4. The van der Waals surface area contributed by atoms with Crippen molar-refractivity contribution >= 4 is 12.0 Å². The number of rotatable bonds is 4. The number of amides is 1. The molecule has 1 amide bonds. The van der Waals surface area contributed by atoms with Gasteiger partial charge in [0.05, 0.1) is 18.7 Å². The third kappa shape index (κ3) is 2.88. The van der Waals surface area contributed by atoms with Gasteiger partial charge in [-0.15, -0.1) is 0 Å². The summed E-state index contributed by atoms with van der Waals surface area (Å²) in [5.74, 6) is 1.35. The minimum Gasteiger partial charge on any atom is -0.454 e. The Morgan fingerprint density at radius 3 is 2.90 bits per heavy atom. The van der Waals surface area contributed by atoms with Gasteiger partial charge in [-0.05, 0) is 30.2 Å². The molecule has 0 saturated carbocycles. The number of benzene rings is 1. The Morgan fingerprint density at radius 1 is 1.38 bits per heavy atom. The molecular formula is C16H19NO4. The Labute approximate surface area is 123 Å². The number of ether oxygens (including phenoxy) is 2. The Bertz CT molecular complexity index is 576. The molecule has 0 atom stereocenters. The monoisotopic (exact) mass is 289 g/mol. The third-order valence-electron chi connectivity index (χ3n) is 3.81. The van der Waals surface area contributed by atoms with Crippen molar-refractivity contribution in [3.8, 4) is 11.5 Å². The van der Waals surface area contributed by atoms with Crippen LogP contribution in [0.2, 0.25) is 0 Å². The van der Waals surface area contributed by atoms with Crippen LogP contribution in [0.1, 0.15) is 25.3 Å². The maximum atomic E-state index is 12.0. The van der Waals surface area contributed by atoms with E-state index in [1.54, 1.807) is 11.0 Å². The van der Waals surface area contributed by atoms with E-state index in [1.807, 2.05) is 25.1 Å². The first-order chi connectivity index (χ1) is 10.1. The van der Waals surface area contributed by atoms with Gasteiger partial charge in [0.15, 0.2) is 11.5 Å². The Balaban J connectivity index is 1.58. The summed E-state index contributed by atoms with van der Waals surface area (Å²) in [6.45, 7) is 3.11. The van der Waals surface area contributed by atoms with Crippen LogP contribution in [-0.2, 0) is 4.79 Å². The predicted molar refractivity (Wildman–Crippen MR) is 78.0 cm³/mol. The van der Waals surface area contributed by atoms with E-state index >= 15 is 0 Å². The van der Waals surface area contributed by atoms with Crippen molar-refractivity contribution in [3.05, 3.63) is 29.8 Å². The minimum absolute atomic E-state index is 0.0755. The summed E-state index contributed by atoms with van der Waals surface area (Å²) >= 11 is 0. The molecule has 0 spiro atoms. The summed E-state index contributed by atoms with van der Waals surface area (Å²) < 4.78 is 10.5. The Morgan fingerprint density at radius 2 is 2.14 bits per heavy atom. The molecular weight excluding hydrogens is 270 g/mol. The molecule has 0 unspecified atom stereocenters. The zero-order valence-electron chi connectivity index (χ0n) is 12.0. The second-order valence-electron chi connectivity index (χ2n) is 5.61. The number of hydrogen-bond donors (Lipinski definition) is 1. The average molecular weight is 289 g/mol. The molecule has 21 heavy (non-hydrogen) atoms. The van der Waals surface area contributed by atoms with E-state index in [2.05, 4.69) is 0 Å². The second kappa shape index (κ2) is 5.41. The summed E-state index contributed by atoms with van der Waals surface area (Å²) in [4.78, 5) is 13.6. The van der Waals surface area contributed by atoms with E-state index in [4.69, 9.17) is 9.47 Å². The van der Waals surface area contributed by atoms with Crippen molar-refractivity contribution < 1.29 is 19.4 Å². The van der Waals surface area contributed by atoms with Gasteiger partial charge < -0.3 is 19.5 Å². The summed E-state index contributed by atoms with van der Waals surface area (Å²) in [5.41, 5.74) is 0.203. The fourth-order valence-corrected chi connectivity index (χ4v) is 2.73. The molecule has 0 aromatic heterocycles. The molecule has 2 aliphatic heterocycles. The fraction of sp³-hybridized carbons (Fsp3) is 0.438. The SMILES string of the molecule is CCCC1(O)CN(C(=O)C=Cc2ccc3c(c2)OCO3)C1. The van der Waals surface area contributed by atoms with Crippen LogP contribution >= 0.6 is 0 Å². The summed E-state index contributed by atoms with van der Waals surface area (Å²) in [7, 11) is 0. The number of fused-ring (bicyclic) bond motifs is 1. The van der Waals surface area contributed by atoms with Crippen LogP contribution in [0.4, 0.5) is 0 Å². The molecule has 1 fully saturated rings. The number of aliphatic hydroxyl groups is 1. The first kappa shape index (κ1) is 13.9. The molecule has 0 aliphatic carbocycles. The van der Waals surface area contributed by atoms with Gasteiger partial charge in [0.2, 0.25) is 12.7 Å². The summed E-state index contributed by atoms with van der Waals surface area (Å²) in [6.07, 6.45) is 4.94. The van der Waals surface area contributed by atoms with Gasteiger partial charge in [-0.25, -0.2) is 0 Å². The van der Waals surface area contributed by atoms with Crippen molar-refractivity contribution in [3.63, 3.8) is 0 Å². The van der Waals surface area contributed by atoms with Gasteiger partial charge in [0.25, 0.3) is 0 Å². The number of carbonyl (C=O) groups excluding carboxylic acids is 1. The quantitative estimate of drug-likeness (QED) is 0.859. The molecule has 5 nitrogen and oxygen atoms in total. The first-order valence-electron chi connectivity index (χ1n) is 7.19. The smallest absolute Gasteiger partial charge is 0.246 e. The molecule has 1 N–H and O–H groups in total. The van der Waals surface area contributed by atoms with Crippen molar-refractivity contribution in [1.82, 2.24) is 4.90 Å². The number of carbonyl (C=O) groups is 1. The van der Waals surface area contributed by atoms with Gasteiger partial charge in [0, 0.05) is 6.08 Å². The van der Waals surface area contributed by atoms with Crippen molar-refractivity contribution in [2.24, 2.45) is 0 Å². The fourth-order valence-electron chi connectivity index (χ4n) is 2.73. The number of likely N-dealkylation sites (tertiary alicyclic amines) is 1. The van der Waals surface area contributed by atoms with E-state index < -0.39 is 5.60 Å². The molecule has 1 aromatic rings. The number of β-amino-alcohol motifs (C(OH)–C–C–N with tert-alkyl or cyclic N) is 1. The van der Waals surface area contributed by atoms with E-state index in [1.165, 1.54) is 6.08 Å². The van der Waals surface area contributed by atoms with Crippen LogP contribution in [0.25, 0.3) is 6.08 Å². The predicted octanol–water partition coefficient (Wildman–Crippen LogP) is 1.80. The van der Waals surface area contributed by atoms with Crippen molar-refractivity contribution in [2.45, 2.75) is 25.4 Å². The van der Waals surface area contributed by atoms with E-state index in [9.17, 15) is 9.90 Å². The average Bonchev–Trinajstić information content (AvgIpc) is 2.89. The lowest BCUT2D eigenvalue weighted by atomic mass is 9.89. The van der Waals surface area contributed by atoms with Crippen LogP contribution in [0, 0.1) is 0 Å². The lowest BCUT2D eigenvalue weighted by Crippen LogP contribution is -2.63. The highest BCUT2D eigenvalue weighted by Gasteiger charge is 2.41. The van der Waals surface area contributed by atoms with Crippen LogP contribution in [-0.4, -0.2) is 41.4 Å². The normalized spacial score (nSPS) is 18.9. The lowest BCUT2D eigenvalue weighted by molar-refractivity contribution is -0.151. The molecule has 112 valence electrons. The van der Waals surface area contributed by atoms with Crippen molar-refractivity contribution in [1.29, 1.82) is 0 Å². The lowest BCUT2D eigenvalue weighted by Gasteiger charge is -2.46. The molecule has 5 heteroatoms. The maximum absolute atomic E-state index is 12.0. The molecule has 0 radical (unpaired) electrons. The highest BCUT2D eigenvalue weighted by Crippen LogP contribution is 2.33. The zero-order valence-corrected chi connectivity index (χ0v) is 12.0. The van der Waals surface area contributed by atoms with Gasteiger partial charge in [-0.2, -0.15) is 0 Å². The Hall–Kier alpha value is -2.01. The highest BCUT2D eigenvalue weighted by atomic mass is 16.7. The standard InChI is InChI=1S/C16H19NO4/c1-2-7-16(19)9-17(10-16)15(18)6-4-12-3-5-13-14(8-12)21-11-20-13/h3-6,8,19H,2,7,9-11H2,1H3. The second-order valence-corrected chi connectivity index (χ2v) is 5.61. The minimum atomic E-state index is -0.684. The first-order valence-corrected chi connectivity index (χ1v) is 7.19. The summed E-state index contributed by atoms with van der Waals surface area (Å²) in [5, 5.41) is 10.1. The zero-order chi connectivity index (χ0) is 14.9. The van der Waals surface area contributed by atoms with E-state index in [-0.39, 0.29) is 12.7 Å². The Kier molecular flexibility index (Phi) is 3.59. The van der Waals surface area contributed by atoms with Crippen LogP contribution in [0.15, 0.2) is 24.3 Å². The van der Waals surface area contributed by atoms with Crippen LogP contribution in [0.3, 0.4) is 0 Å². The van der Waals surface area contributed by atoms with E-state index in [0.717, 1.165) is 24.2 Å². The molecule has 3 rings (SSSR count). The topological polar surface area (TPSA) is 59.0 Å². The van der Waals surface area contributed by atoms with Crippen LogP contribution in [0.5, 0.6) is 11.5 Å². The van der Waals surface area contributed by atoms with Gasteiger partial charge >= 0.3 is 0 Å². The molecule has 1 aromatic carbocycles. The molecule has 2 heterocycles. The maximum Gasteiger partial charge on any atom is 0.246 e. The summed E-state index contributed by atoms with van der Waals surface area (Å²) in [6, 6.07) is 5.55. The highest BCUT2D eigenvalue weighted by molar-refractivity contribution is 5.92. The molecule has 0 bridgehead atoms. The molecule has 1 saturated heterocycles. The van der Waals surface area contributed by atoms with Gasteiger partial charge in [0.1, 0.15) is 0 Å². The largest absolute Gasteiger partial charge is 0.454 e. The number of nitrogens with zero attached hydrogens (tertiary/aromatic N) is 1. The molecule has 2 aliphatic rings. The third-order valence-corrected chi connectivity index (χ3v) is 3.81.